The van der Waals surface area contributed by atoms with Crippen LogP contribution in [0.25, 0.3) is 0 Å². The van der Waals surface area contributed by atoms with Gasteiger partial charge in [-0.25, -0.2) is 4.79 Å². The highest BCUT2D eigenvalue weighted by Crippen LogP contribution is 2.21. The van der Waals surface area contributed by atoms with Crippen molar-refractivity contribution < 1.29 is 9.53 Å². The Bertz CT molecular complexity index is 502. The number of piperidine rings is 1. The molecular weight excluding hydrogens is 294 g/mol. The van der Waals surface area contributed by atoms with Gasteiger partial charge >= 0.3 is 6.03 Å². The molecule has 1 fully saturated rings. The molecule has 2 atom stereocenters. The molecule has 0 aromatic carbocycles. The van der Waals surface area contributed by atoms with Gasteiger partial charge in [-0.1, -0.05) is 0 Å². The zero-order chi connectivity index (χ0) is 16.8. The van der Waals surface area contributed by atoms with Crippen molar-refractivity contribution in [2.45, 2.75) is 64.6 Å². The van der Waals surface area contributed by atoms with E-state index in [-0.39, 0.29) is 24.2 Å². The van der Waals surface area contributed by atoms with Crippen LogP contribution in [0.15, 0.2) is 6.33 Å². The van der Waals surface area contributed by atoms with Crippen LogP contribution in [0.1, 0.15) is 58.3 Å². The molecule has 0 saturated carbocycles. The van der Waals surface area contributed by atoms with E-state index in [0.717, 1.165) is 31.6 Å². The molecule has 2 rings (SSSR count). The molecule has 0 unspecified atom stereocenters. The van der Waals surface area contributed by atoms with Crippen LogP contribution in [0.3, 0.4) is 0 Å². The lowest BCUT2D eigenvalue weighted by Gasteiger charge is -2.36. The summed E-state index contributed by atoms with van der Waals surface area (Å²) >= 11 is 0. The second kappa shape index (κ2) is 8.29. The Morgan fingerprint density at radius 1 is 1.43 bits per heavy atom. The van der Waals surface area contributed by atoms with Gasteiger partial charge in [-0.2, -0.15) is 0 Å². The first-order chi connectivity index (χ1) is 11.0. The molecule has 0 spiro atoms. The minimum absolute atomic E-state index is 0.0188. The highest BCUT2D eigenvalue weighted by atomic mass is 16.5. The molecule has 1 aromatic rings. The van der Waals surface area contributed by atoms with Crippen LogP contribution in [0.4, 0.5) is 4.79 Å². The number of hydrogen-bond donors (Lipinski definition) is 1. The SMILES string of the molecule is CC(C)OCC[C@@H]1CCCCN1C(=O)N[C@H](C)c1nncn1C. The maximum Gasteiger partial charge on any atom is 0.318 e. The number of amides is 2. The number of rotatable bonds is 6. The number of carbonyl (C=O) groups is 1. The molecular formula is C16H29N5O2. The molecule has 7 heteroatoms. The van der Waals surface area contributed by atoms with Crippen LogP contribution >= 0.6 is 0 Å². The van der Waals surface area contributed by atoms with Crippen molar-refractivity contribution >= 4 is 6.03 Å². The average molecular weight is 323 g/mol. The van der Waals surface area contributed by atoms with E-state index in [1.54, 1.807) is 6.33 Å². The summed E-state index contributed by atoms with van der Waals surface area (Å²) in [5.74, 6) is 0.759. The van der Waals surface area contributed by atoms with Gasteiger partial charge < -0.3 is 19.5 Å². The minimum atomic E-state index is -0.163. The molecule has 0 bridgehead atoms. The number of aryl methyl sites for hydroxylation is 1. The zero-order valence-electron chi connectivity index (χ0n) is 14.7. The first-order valence-electron chi connectivity index (χ1n) is 8.51. The first-order valence-corrected chi connectivity index (χ1v) is 8.51. The molecule has 1 aliphatic heterocycles. The van der Waals surface area contributed by atoms with Crippen molar-refractivity contribution in [3.63, 3.8) is 0 Å². The Morgan fingerprint density at radius 3 is 2.87 bits per heavy atom. The molecule has 130 valence electrons. The van der Waals surface area contributed by atoms with Gasteiger partial charge in [0.2, 0.25) is 0 Å². The van der Waals surface area contributed by atoms with E-state index in [1.165, 1.54) is 6.42 Å². The van der Waals surface area contributed by atoms with Gasteiger partial charge in [-0.3, -0.25) is 0 Å². The number of carbonyl (C=O) groups excluding carboxylic acids is 1. The third-order valence-electron chi connectivity index (χ3n) is 4.26. The largest absolute Gasteiger partial charge is 0.379 e. The number of likely N-dealkylation sites (tertiary alicyclic amines) is 1. The average Bonchev–Trinajstić information content (AvgIpc) is 2.93. The topological polar surface area (TPSA) is 72.3 Å². The lowest BCUT2D eigenvalue weighted by molar-refractivity contribution is 0.0550. The van der Waals surface area contributed by atoms with Crippen LogP contribution in [-0.4, -0.2) is 51.0 Å². The number of aromatic nitrogens is 3. The first kappa shape index (κ1) is 17.7. The van der Waals surface area contributed by atoms with Crippen molar-refractivity contribution in [2.75, 3.05) is 13.2 Å². The summed E-state index contributed by atoms with van der Waals surface area (Å²) in [6, 6.07) is 0.0773. The van der Waals surface area contributed by atoms with E-state index < -0.39 is 0 Å². The zero-order valence-corrected chi connectivity index (χ0v) is 14.7. The standard InChI is InChI=1S/C16H29N5O2/c1-12(2)23-10-8-14-7-5-6-9-21(14)16(22)18-13(3)15-19-17-11-20(15)4/h11-14H,5-10H2,1-4H3,(H,18,22)/t13-,14+/m1/s1. The van der Waals surface area contributed by atoms with Crippen molar-refractivity contribution in [3.05, 3.63) is 12.2 Å². The molecule has 2 amide bonds. The number of nitrogens with zero attached hydrogens (tertiary/aromatic N) is 4. The predicted molar refractivity (Wildman–Crippen MR) is 88.0 cm³/mol. The van der Waals surface area contributed by atoms with Crippen molar-refractivity contribution in [1.82, 2.24) is 25.0 Å². The van der Waals surface area contributed by atoms with Crippen molar-refractivity contribution in [3.8, 4) is 0 Å². The summed E-state index contributed by atoms with van der Waals surface area (Å²) in [6.07, 6.45) is 6.06. The molecule has 0 aliphatic carbocycles. The summed E-state index contributed by atoms with van der Waals surface area (Å²) in [7, 11) is 1.88. The fraction of sp³-hybridized carbons (Fsp3) is 0.812. The van der Waals surface area contributed by atoms with Gasteiger partial charge in [0.15, 0.2) is 5.82 Å². The van der Waals surface area contributed by atoms with E-state index >= 15 is 0 Å². The molecule has 1 saturated heterocycles. The van der Waals surface area contributed by atoms with E-state index in [2.05, 4.69) is 15.5 Å². The van der Waals surface area contributed by atoms with Crippen LogP contribution in [-0.2, 0) is 11.8 Å². The Balaban J connectivity index is 1.91. The maximum atomic E-state index is 12.6. The monoisotopic (exact) mass is 323 g/mol. The molecule has 1 N–H and O–H groups in total. The van der Waals surface area contributed by atoms with Crippen molar-refractivity contribution in [1.29, 1.82) is 0 Å². The highest BCUT2D eigenvalue weighted by molar-refractivity contribution is 5.75. The highest BCUT2D eigenvalue weighted by Gasteiger charge is 2.28. The Hall–Kier alpha value is -1.63. The van der Waals surface area contributed by atoms with Crippen LogP contribution in [0, 0.1) is 0 Å². The third-order valence-corrected chi connectivity index (χ3v) is 4.26. The third kappa shape index (κ3) is 4.92. The smallest absolute Gasteiger partial charge is 0.318 e. The summed E-state index contributed by atoms with van der Waals surface area (Å²) < 4.78 is 7.48. The maximum absolute atomic E-state index is 12.6. The number of nitrogens with one attached hydrogen (secondary N) is 1. The van der Waals surface area contributed by atoms with Gasteiger partial charge in [-0.15, -0.1) is 10.2 Å². The summed E-state index contributed by atoms with van der Waals surface area (Å²) in [6.45, 7) is 7.51. The van der Waals surface area contributed by atoms with Gasteiger partial charge in [0.05, 0.1) is 12.1 Å². The number of urea groups is 1. The second-order valence-electron chi connectivity index (χ2n) is 6.52. The van der Waals surface area contributed by atoms with Crippen molar-refractivity contribution in [2.24, 2.45) is 7.05 Å². The molecule has 0 radical (unpaired) electrons. The second-order valence-corrected chi connectivity index (χ2v) is 6.52. The lowest BCUT2D eigenvalue weighted by atomic mass is 10.00. The van der Waals surface area contributed by atoms with E-state index in [0.29, 0.717) is 6.61 Å². The van der Waals surface area contributed by atoms with E-state index in [4.69, 9.17) is 4.74 Å². The Labute approximate surface area is 138 Å². The normalized spacial score (nSPS) is 19.9. The molecule has 23 heavy (non-hydrogen) atoms. The molecule has 2 heterocycles. The summed E-state index contributed by atoms with van der Waals surface area (Å²) in [5.41, 5.74) is 0. The molecule has 7 nitrogen and oxygen atoms in total. The molecule has 1 aromatic heterocycles. The van der Waals surface area contributed by atoms with Gasteiger partial charge in [0.1, 0.15) is 6.33 Å². The van der Waals surface area contributed by atoms with Gasteiger partial charge in [-0.05, 0) is 46.5 Å². The number of hydrogen-bond acceptors (Lipinski definition) is 4. The summed E-state index contributed by atoms with van der Waals surface area (Å²) in [4.78, 5) is 14.6. The van der Waals surface area contributed by atoms with E-state index in [9.17, 15) is 4.79 Å². The Morgan fingerprint density at radius 2 is 2.22 bits per heavy atom. The van der Waals surface area contributed by atoms with Gasteiger partial charge in [0, 0.05) is 26.2 Å². The quantitative estimate of drug-likeness (QED) is 0.871. The van der Waals surface area contributed by atoms with Crippen LogP contribution in [0.2, 0.25) is 0 Å². The minimum Gasteiger partial charge on any atom is -0.379 e. The van der Waals surface area contributed by atoms with Crippen LogP contribution < -0.4 is 5.32 Å². The fourth-order valence-corrected chi connectivity index (χ4v) is 3.02. The molecule has 1 aliphatic rings. The Kier molecular flexibility index (Phi) is 6.38. The number of ether oxygens (including phenoxy) is 1. The van der Waals surface area contributed by atoms with Crippen LogP contribution in [0.5, 0.6) is 0 Å². The van der Waals surface area contributed by atoms with E-state index in [1.807, 2.05) is 37.3 Å². The van der Waals surface area contributed by atoms with Gasteiger partial charge in [0.25, 0.3) is 0 Å². The fourth-order valence-electron chi connectivity index (χ4n) is 3.02. The lowest BCUT2D eigenvalue weighted by Crippen LogP contribution is -2.49. The predicted octanol–water partition coefficient (Wildman–Crippen LogP) is 2.26. The summed E-state index contributed by atoms with van der Waals surface area (Å²) in [5, 5.41) is 11.0.